The van der Waals surface area contributed by atoms with Crippen LogP contribution in [0.2, 0.25) is 0 Å². The molecule has 146 valence electrons. The van der Waals surface area contributed by atoms with Crippen LogP contribution in [-0.4, -0.2) is 27.9 Å². The number of methoxy groups -OCH3 is 1. The highest BCUT2D eigenvalue weighted by molar-refractivity contribution is 6.12. The molecule has 7 heteroatoms. The molecule has 0 unspecified atom stereocenters. The Morgan fingerprint density at radius 2 is 1.69 bits per heavy atom. The average molecular weight is 389 g/mol. The summed E-state index contributed by atoms with van der Waals surface area (Å²) in [4.78, 5) is 38.3. The molecule has 1 amide bonds. The van der Waals surface area contributed by atoms with Crippen molar-refractivity contribution >= 4 is 33.5 Å². The Balaban J connectivity index is 2.07. The largest absolute Gasteiger partial charge is 0.493 e. The van der Waals surface area contributed by atoms with Crippen molar-refractivity contribution in [2.75, 3.05) is 7.11 Å². The Labute approximate surface area is 165 Å². The fourth-order valence-corrected chi connectivity index (χ4v) is 3.82. The maximum atomic E-state index is 13.4. The lowest BCUT2D eigenvalue weighted by molar-refractivity contribution is 0.0969. The number of benzene rings is 2. The SMILES string of the molecule is COc1c(C(N)=O)n(C)c2c1c(=O)n(CC(=O)c1ccccc1)c1ccccc21. The predicted octanol–water partition coefficient (Wildman–Crippen LogP) is 2.48. The van der Waals surface area contributed by atoms with Crippen LogP contribution in [0.4, 0.5) is 0 Å². The van der Waals surface area contributed by atoms with E-state index in [1.165, 1.54) is 11.7 Å². The number of hydrogen-bond donors (Lipinski definition) is 1. The van der Waals surface area contributed by atoms with Gasteiger partial charge in [0, 0.05) is 18.0 Å². The van der Waals surface area contributed by atoms with Crippen LogP contribution < -0.4 is 16.0 Å². The van der Waals surface area contributed by atoms with Crippen molar-refractivity contribution in [1.29, 1.82) is 0 Å². The zero-order valence-electron chi connectivity index (χ0n) is 16.0. The van der Waals surface area contributed by atoms with E-state index in [0.29, 0.717) is 16.6 Å². The highest BCUT2D eigenvalue weighted by Crippen LogP contribution is 2.34. The van der Waals surface area contributed by atoms with Gasteiger partial charge >= 0.3 is 0 Å². The van der Waals surface area contributed by atoms with Gasteiger partial charge in [0.15, 0.2) is 11.5 Å². The number of aromatic nitrogens is 2. The normalized spacial score (nSPS) is 11.1. The van der Waals surface area contributed by atoms with Crippen LogP contribution in [0.1, 0.15) is 20.8 Å². The Bertz CT molecular complexity index is 1330. The van der Waals surface area contributed by atoms with Crippen LogP contribution in [0.25, 0.3) is 21.8 Å². The molecule has 0 aliphatic rings. The number of ketones is 1. The van der Waals surface area contributed by atoms with E-state index in [1.807, 2.05) is 18.2 Å². The zero-order valence-corrected chi connectivity index (χ0v) is 16.0. The van der Waals surface area contributed by atoms with Crippen LogP contribution in [-0.2, 0) is 13.6 Å². The van der Waals surface area contributed by atoms with Gasteiger partial charge in [-0.3, -0.25) is 19.0 Å². The lowest BCUT2D eigenvalue weighted by atomic mass is 10.1. The molecule has 7 nitrogen and oxygen atoms in total. The molecule has 0 aliphatic heterocycles. The fraction of sp³-hybridized carbons (Fsp3) is 0.136. The molecule has 0 saturated carbocycles. The minimum absolute atomic E-state index is 0.108. The molecular weight excluding hydrogens is 370 g/mol. The number of hydrogen-bond acceptors (Lipinski definition) is 4. The monoisotopic (exact) mass is 389 g/mol. The quantitative estimate of drug-likeness (QED) is 0.531. The standard InChI is InChI=1S/C22H19N3O4/c1-24-18-14-10-6-7-11-15(14)25(12-16(26)13-8-4-3-5-9-13)22(28)17(18)20(29-2)19(24)21(23)27/h3-11H,12H2,1-2H3,(H2,23,27). The molecule has 4 rings (SSSR count). The Hall–Kier alpha value is -3.87. The van der Waals surface area contributed by atoms with E-state index >= 15 is 0 Å². The first-order valence-electron chi connectivity index (χ1n) is 9.01. The lowest BCUT2D eigenvalue weighted by Crippen LogP contribution is -2.25. The first kappa shape index (κ1) is 18.5. The number of para-hydroxylation sites is 1. The number of aryl methyl sites for hydroxylation is 1. The van der Waals surface area contributed by atoms with Crippen LogP contribution in [0.5, 0.6) is 5.75 Å². The summed E-state index contributed by atoms with van der Waals surface area (Å²) in [6.45, 7) is -0.136. The number of pyridine rings is 1. The van der Waals surface area contributed by atoms with Gasteiger partial charge in [-0.25, -0.2) is 0 Å². The van der Waals surface area contributed by atoms with Gasteiger partial charge in [0.25, 0.3) is 11.5 Å². The number of carbonyl (C=O) groups is 2. The second kappa shape index (κ2) is 6.94. The highest BCUT2D eigenvalue weighted by atomic mass is 16.5. The van der Waals surface area contributed by atoms with Crippen molar-refractivity contribution in [2.45, 2.75) is 6.54 Å². The van der Waals surface area contributed by atoms with Crippen molar-refractivity contribution in [1.82, 2.24) is 9.13 Å². The molecule has 0 atom stereocenters. The molecule has 0 aliphatic carbocycles. The number of nitrogens with zero attached hydrogens (tertiary/aromatic N) is 2. The number of rotatable bonds is 5. The summed E-state index contributed by atoms with van der Waals surface area (Å²) in [7, 11) is 3.05. The highest BCUT2D eigenvalue weighted by Gasteiger charge is 2.26. The molecule has 0 radical (unpaired) electrons. The van der Waals surface area contributed by atoms with Crippen LogP contribution in [0, 0.1) is 0 Å². The second-order valence-electron chi connectivity index (χ2n) is 6.73. The van der Waals surface area contributed by atoms with Crippen molar-refractivity contribution in [3.8, 4) is 5.75 Å². The van der Waals surface area contributed by atoms with E-state index in [9.17, 15) is 14.4 Å². The molecule has 4 aromatic rings. The van der Waals surface area contributed by atoms with Gasteiger partial charge < -0.3 is 15.0 Å². The number of nitrogens with two attached hydrogens (primary N) is 1. The molecule has 0 spiro atoms. The summed E-state index contributed by atoms with van der Waals surface area (Å²) in [6, 6.07) is 16.0. The van der Waals surface area contributed by atoms with Crippen molar-refractivity contribution in [2.24, 2.45) is 12.8 Å². The van der Waals surface area contributed by atoms with Crippen molar-refractivity contribution < 1.29 is 14.3 Å². The summed E-state index contributed by atoms with van der Waals surface area (Å²) < 4.78 is 8.39. The summed E-state index contributed by atoms with van der Waals surface area (Å²) >= 11 is 0. The van der Waals surface area contributed by atoms with Gasteiger partial charge in [0.05, 0.1) is 24.7 Å². The van der Waals surface area contributed by atoms with Gasteiger partial charge in [0.2, 0.25) is 0 Å². The number of Topliss-reactive ketones (excluding diaryl/α,β-unsaturated/α-hetero) is 1. The average Bonchev–Trinajstić information content (AvgIpc) is 3.04. The van der Waals surface area contributed by atoms with Gasteiger partial charge in [-0.05, 0) is 6.07 Å². The van der Waals surface area contributed by atoms with Gasteiger partial charge in [0.1, 0.15) is 11.1 Å². The Morgan fingerprint density at radius 3 is 2.34 bits per heavy atom. The fourth-order valence-electron chi connectivity index (χ4n) is 3.82. The molecule has 2 heterocycles. The maximum absolute atomic E-state index is 13.4. The molecule has 2 aromatic carbocycles. The third kappa shape index (κ3) is 2.79. The summed E-state index contributed by atoms with van der Waals surface area (Å²) in [5.41, 5.74) is 6.88. The third-order valence-electron chi connectivity index (χ3n) is 5.09. The van der Waals surface area contributed by atoms with Crippen molar-refractivity contribution in [3.63, 3.8) is 0 Å². The number of amides is 1. The number of carbonyl (C=O) groups excluding carboxylic acids is 2. The molecule has 2 N–H and O–H groups in total. The topological polar surface area (TPSA) is 96.3 Å². The maximum Gasteiger partial charge on any atom is 0.269 e. The second-order valence-corrected chi connectivity index (χ2v) is 6.73. The number of primary amides is 1. The minimum atomic E-state index is -0.698. The molecule has 29 heavy (non-hydrogen) atoms. The van der Waals surface area contributed by atoms with E-state index in [2.05, 4.69) is 0 Å². The van der Waals surface area contributed by atoms with Gasteiger partial charge in [-0.2, -0.15) is 0 Å². The first-order valence-corrected chi connectivity index (χ1v) is 9.01. The first-order chi connectivity index (χ1) is 14.0. The zero-order chi connectivity index (χ0) is 20.7. The van der Waals surface area contributed by atoms with E-state index in [1.54, 1.807) is 48.0 Å². The van der Waals surface area contributed by atoms with Crippen LogP contribution in [0.15, 0.2) is 59.4 Å². The molecule has 0 fully saturated rings. The minimum Gasteiger partial charge on any atom is -0.493 e. The molecule has 2 aromatic heterocycles. The number of fused-ring (bicyclic) bond motifs is 3. The Morgan fingerprint density at radius 1 is 1.03 bits per heavy atom. The van der Waals surface area contributed by atoms with Crippen LogP contribution in [0.3, 0.4) is 0 Å². The van der Waals surface area contributed by atoms with E-state index < -0.39 is 11.5 Å². The summed E-state index contributed by atoms with van der Waals surface area (Å²) in [5, 5.41) is 0.944. The lowest BCUT2D eigenvalue weighted by Gasteiger charge is -2.12. The predicted molar refractivity (Wildman–Crippen MR) is 111 cm³/mol. The van der Waals surface area contributed by atoms with Crippen LogP contribution >= 0.6 is 0 Å². The van der Waals surface area contributed by atoms with E-state index in [-0.39, 0.29) is 29.2 Å². The van der Waals surface area contributed by atoms with Gasteiger partial charge in [-0.1, -0.05) is 48.5 Å². The molecule has 0 bridgehead atoms. The molecule has 0 saturated heterocycles. The molecular formula is C22H19N3O4. The van der Waals surface area contributed by atoms with E-state index in [0.717, 1.165) is 5.39 Å². The van der Waals surface area contributed by atoms with E-state index in [4.69, 9.17) is 10.5 Å². The van der Waals surface area contributed by atoms with Crippen molar-refractivity contribution in [3.05, 3.63) is 76.2 Å². The van der Waals surface area contributed by atoms with Gasteiger partial charge in [-0.15, -0.1) is 0 Å². The summed E-state index contributed by atoms with van der Waals surface area (Å²) in [5.74, 6) is -0.773. The smallest absolute Gasteiger partial charge is 0.269 e. The Kier molecular flexibility index (Phi) is 4.43. The third-order valence-corrected chi connectivity index (χ3v) is 5.09. The number of ether oxygens (including phenoxy) is 1. The summed E-state index contributed by atoms with van der Waals surface area (Å²) in [6.07, 6.45) is 0.